The van der Waals surface area contributed by atoms with Gasteiger partial charge in [0, 0.05) is 31.0 Å². The first-order valence-corrected chi connectivity index (χ1v) is 7.73. The fourth-order valence-corrected chi connectivity index (χ4v) is 2.32. The molecule has 0 fully saturated rings. The summed E-state index contributed by atoms with van der Waals surface area (Å²) in [6, 6.07) is 12.1. The first-order valence-electron chi connectivity index (χ1n) is 7.73. The second kappa shape index (κ2) is 7.82. The third kappa shape index (κ3) is 4.16. The Bertz CT molecular complexity index is 969. The van der Waals surface area contributed by atoms with E-state index < -0.39 is 5.91 Å². The van der Waals surface area contributed by atoms with Crippen molar-refractivity contribution < 1.29 is 9.59 Å². The quantitative estimate of drug-likeness (QED) is 0.654. The van der Waals surface area contributed by atoms with Crippen LogP contribution in [-0.4, -0.2) is 16.4 Å². The predicted molar refractivity (Wildman–Crippen MR) is 97.8 cm³/mol. The second-order valence-corrected chi connectivity index (χ2v) is 5.62. The van der Waals surface area contributed by atoms with E-state index in [9.17, 15) is 14.9 Å². The van der Waals surface area contributed by atoms with Crippen LogP contribution in [-0.2, 0) is 16.6 Å². The van der Waals surface area contributed by atoms with Gasteiger partial charge in [0.15, 0.2) is 0 Å². The molecule has 0 saturated carbocycles. The molecular weight excluding hydrogens is 330 g/mol. The fourth-order valence-electron chi connectivity index (χ4n) is 2.32. The maximum Gasteiger partial charge on any atom is 0.266 e. The number of hydrogen-bond acceptors (Lipinski definition) is 4. The Morgan fingerprint density at radius 1 is 1.12 bits per heavy atom. The third-order valence-corrected chi connectivity index (χ3v) is 3.82. The summed E-state index contributed by atoms with van der Waals surface area (Å²) < 4.78 is 1.69. The maximum atomic E-state index is 12.3. The number of amides is 2. The Kier molecular flexibility index (Phi) is 5.56. The summed E-state index contributed by atoms with van der Waals surface area (Å²) >= 11 is 0. The van der Waals surface area contributed by atoms with Crippen LogP contribution in [0.5, 0.6) is 0 Å². The van der Waals surface area contributed by atoms with Crippen LogP contribution in [0.2, 0.25) is 0 Å². The van der Waals surface area contributed by atoms with Crippen molar-refractivity contribution in [3.63, 3.8) is 0 Å². The zero-order chi connectivity index (χ0) is 19.3. The molecule has 2 aromatic rings. The van der Waals surface area contributed by atoms with E-state index in [4.69, 9.17) is 5.26 Å². The minimum atomic E-state index is -0.554. The monoisotopic (exact) mass is 347 g/mol. The number of benzene rings is 1. The molecule has 26 heavy (non-hydrogen) atoms. The minimum absolute atomic E-state index is 0.0749. The number of anilines is 2. The first kappa shape index (κ1) is 18.5. The van der Waals surface area contributed by atoms with Crippen LogP contribution in [0.4, 0.5) is 11.4 Å². The molecule has 0 aliphatic heterocycles. The van der Waals surface area contributed by atoms with Crippen LogP contribution in [0.3, 0.4) is 0 Å². The van der Waals surface area contributed by atoms with Gasteiger partial charge in [-0.05, 0) is 48.9 Å². The SMILES string of the molecule is CC(=O)Nc1ccc(NC(=O)/C(C#N)=C/c2cc(C#N)n(C)c2C)cc1. The molecule has 130 valence electrons. The molecule has 0 unspecified atom stereocenters. The minimum Gasteiger partial charge on any atom is -0.339 e. The molecular formula is C19H17N5O2. The van der Waals surface area contributed by atoms with E-state index in [0.717, 1.165) is 5.69 Å². The van der Waals surface area contributed by atoms with E-state index in [1.165, 1.54) is 13.0 Å². The number of hydrogen-bond donors (Lipinski definition) is 2. The summed E-state index contributed by atoms with van der Waals surface area (Å²) in [4.78, 5) is 23.3. The lowest BCUT2D eigenvalue weighted by molar-refractivity contribution is -0.114. The van der Waals surface area contributed by atoms with Gasteiger partial charge in [0.25, 0.3) is 5.91 Å². The van der Waals surface area contributed by atoms with Crippen molar-refractivity contribution in [2.24, 2.45) is 7.05 Å². The summed E-state index contributed by atoms with van der Waals surface area (Å²) in [5.74, 6) is -0.743. The molecule has 1 heterocycles. The number of carbonyl (C=O) groups is 2. The number of carbonyl (C=O) groups excluding carboxylic acids is 2. The Morgan fingerprint density at radius 3 is 2.15 bits per heavy atom. The van der Waals surface area contributed by atoms with E-state index in [-0.39, 0.29) is 11.5 Å². The van der Waals surface area contributed by atoms with E-state index in [1.807, 2.05) is 6.07 Å². The molecule has 2 rings (SSSR count). The van der Waals surface area contributed by atoms with Gasteiger partial charge in [-0.15, -0.1) is 0 Å². The molecule has 2 N–H and O–H groups in total. The number of nitriles is 2. The number of rotatable bonds is 4. The predicted octanol–water partition coefficient (Wildman–Crippen LogP) is 2.71. The molecule has 2 amide bonds. The van der Waals surface area contributed by atoms with E-state index in [2.05, 4.69) is 16.7 Å². The summed E-state index contributed by atoms with van der Waals surface area (Å²) in [6.07, 6.45) is 1.46. The smallest absolute Gasteiger partial charge is 0.266 e. The van der Waals surface area contributed by atoms with Crippen LogP contribution in [0.25, 0.3) is 6.08 Å². The topological polar surface area (TPSA) is 111 Å². The van der Waals surface area contributed by atoms with Gasteiger partial charge in [-0.1, -0.05) is 0 Å². The molecule has 0 aliphatic rings. The van der Waals surface area contributed by atoms with Gasteiger partial charge in [0.1, 0.15) is 23.4 Å². The lowest BCUT2D eigenvalue weighted by atomic mass is 10.1. The van der Waals surface area contributed by atoms with E-state index >= 15 is 0 Å². The zero-order valence-electron chi connectivity index (χ0n) is 14.6. The summed E-state index contributed by atoms with van der Waals surface area (Å²) in [5, 5.41) is 23.6. The average Bonchev–Trinajstić information content (AvgIpc) is 2.88. The normalized spacial score (nSPS) is 10.6. The van der Waals surface area contributed by atoms with Gasteiger partial charge in [0.2, 0.25) is 5.91 Å². The molecule has 1 aromatic carbocycles. The van der Waals surface area contributed by atoms with E-state index in [0.29, 0.717) is 22.6 Å². The number of nitrogens with zero attached hydrogens (tertiary/aromatic N) is 3. The highest BCUT2D eigenvalue weighted by atomic mass is 16.2. The van der Waals surface area contributed by atoms with Crippen molar-refractivity contribution in [2.75, 3.05) is 10.6 Å². The molecule has 0 radical (unpaired) electrons. The summed E-state index contributed by atoms with van der Waals surface area (Å²) in [6.45, 7) is 3.21. The van der Waals surface area contributed by atoms with Crippen molar-refractivity contribution in [2.45, 2.75) is 13.8 Å². The van der Waals surface area contributed by atoms with Crippen LogP contribution in [0.1, 0.15) is 23.9 Å². The maximum absolute atomic E-state index is 12.3. The Labute approximate surface area is 151 Å². The highest BCUT2D eigenvalue weighted by molar-refractivity contribution is 6.09. The summed E-state index contributed by atoms with van der Waals surface area (Å²) in [7, 11) is 1.74. The lowest BCUT2D eigenvalue weighted by Crippen LogP contribution is -2.13. The number of nitrogens with one attached hydrogen (secondary N) is 2. The Morgan fingerprint density at radius 2 is 1.69 bits per heavy atom. The molecule has 0 saturated heterocycles. The van der Waals surface area contributed by atoms with Crippen LogP contribution < -0.4 is 10.6 Å². The van der Waals surface area contributed by atoms with Gasteiger partial charge < -0.3 is 15.2 Å². The molecule has 7 heteroatoms. The van der Waals surface area contributed by atoms with E-state index in [1.54, 1.807) is 48.9 Å². The van der Waals surface area contributed by atoms with Crippen molar-refractivity contribution in [1.29, 1.82) is 10.5 Å². The van der Waals surface area contributed by atoms with Gasteiger partial charge >= 0.3 is 0 Å². The average molecular weight is 347 g/mol. The standard InChI is InChI=1S/C19H17N5O2/c1-12-14(9-18(11-21)24(12)3)8-15(10-20)19(26)23-17-6-4-16(5-7-17)22-13(2)25/h4-9H,1-3H3,(H,22,25)(H,23,26)/b15-8+. The lowest BCUT2D eigenvalue weighted by Gasteiger charge is -2.06. The molecule has 0 bridgehead atoms. The molecule has 0 atom stereocenters. The van der Waals surface area contributed by atoms with Crippen molar-refractivity contribution in [1.82, 2.24) is 4.57 Å². The fraction of sp³-hybridized carbons (Fsp3) is 0.158. The largest absolute Gasteiger partial charge is 0.339 e. The van der Waals surface area contributed by atoms with Gasteiger partial charge in [-0.2, -0.15) is 10.5 Å². The molecule has 1 aromatic heterocycles. The summed E-state index contributed by atoms with van der Waals surface area (Å²) in [5.41, 5.74) is 2.89. The highest BCUT2D eigenvalue weighted by Crippen LogP contribution is 2.18. The molecule has 0 spiro atoms. The number of aromatic nitrogens is 1. The second-order valence-electron chi connectivity index (χ2n) is 5.62. The van der Waals surface area contributed by atoms with Gasteiger partial charge in [-0.3, -0.25) is 9.59 Å². The molecule has 7 nitrogen and oxygen atoms in total. The van der Waals surface area contributed by atoms with Crippen molar-refractivity contribution in [3.05, 3.63) is 52.9 Å². The highest BCUT2D eigenvalue weighted by Gasteiger charge is 2.13. The Hall–Kier alpha value is -3.84. The van der Waals surface area contributed by atoms with Crippen LogP contribution >= 0.6 is 0 Å². The zero-order valence-corrected chi connectivity index (χ0v) is 14.6. The van der Waals surface area contributed by atoms with Gasteiger partial charge in [-0.25, -0.2) is 0 Å². The third-order valence-electron chi connectivity index (χ3n) is 3.82. The van der Waals surface area contributed by atoms with Crippen LogP contribution in [0.15, 0.2) is 35.9 Å². The molecule has 0 aliphatic carbocycles. The van der Waals surface area contributed by atoms with Gasteiger partial charge in [0.05, 0.1) is 0 Å². The Balaban J connectivity index is 2.20. The van der Waals surface area contributed by atoms with Crippen molar-refractivity contribution in [3.8, 4) is 12.1 Å². The van der Waals surface area contributed by atoms with Crippen molar-refractivity contribution >= 4 is 29.3 Å². The first-order chi connectivity index (χ1) is 12.3. The van der Waals surface area contributed by atoms with Crippen LogP contribution in [0, 0.1) is 29.6 Å².